The molecule has 1 saturated heterocycles. The number of rotatable bonds is 4. The molecular weight excluding hydrogens is 332 g/mol. The molecule has 0 aromatic carbocycles. The van der Waals surface area contributed by atoms with Gasteiger partial charge in [-0.25, -0.2) is 9.78 Å². The van der Waals surface area contributed by atoms with Crippen molar-refractivity contribution in [3.63, 3.8) is 0 Å². The van der Waals surface area contributed by atoms with Gasteiger partial charge in [0.1, 0.15) is 5.60 Å². The number of nitrogens with one attached hydrogen (secondary N) is 1. The van der Waals surface area contributed by atoms with Gasteiger partial charge >= 0.3 is 6.09 Å². The van der Waals surface area contributed by atoms with Crippen molar-refractivity contribution in [2.45, 2.75) is 58.2 Å². The molecule has 0 aliphatic carbocycles. The molecule has 0 unspecified atom stereocenters. The number of halogens is 1. The maximum Gasteiger partial charge on any atom is 0.410 e. The van der Waals surface area contributed by atoms with Crippen LogP contribution in [0.2, 0.25) is 5.15 Å². The maximum atomic E-state index is 12.2. The Bertz CT molecular complexity index is 603. The monoisotopic (exact) mass is 354 g/mol. The summed E-state index contributed by atoms with van der Waals surface area (Å²) in [4.78, 5) is 34.0. The first-order valence-electron chi connectivity index (χ1n) is 7.98. The summed E-state index contributed by atoms with van der Waals surface area (Å²) in [5.41, 5.74) is -0.0298. The number of hydrogen-bond acceptors (Lipinski definition) is 5. The van der Waals surface area contributed by atoms with Crippen LogP contribution in [0.25, 0.3) is 0 Å². The Balaban J connectivity index is 1.86. The van der Waals surface area contributed by atoms with Crippen molar-refractivity contribution in [2.75, 3.05) is 6.54 Å². The number of carbonyl (C=O) groups is 2. The zero-order valence-electron chi connectivity index (χ0n) is 14.2. The van der Waals surface area contributed by atoms with E-state index in [-0.39, 0.29) is 36.2 Å². The highest BCUT2D eigenvalue weighted by Gasteiger charge is 2.33. The van der Waals surface area contributed by atoms with Crippen LogP contribution in [0.3, 0.4) is 0 Å². The Morgan fingerprint density at radius 1 is 1.38 bits per heavy atom. The van der Waals surface area contributed by atoms with Crippen LogP contribution >= 0.6 is 11.6 Å². The van der Waals surface area contributed by atoms with E-state index in [1.165, 1.54) is 12.4 Å². The van der Waals surface area contributed by atoms with Crippen LogP contribution in [-0.4, -0.2) is 45.1 Å². The third-order valence-electron chi connectivity index (χ3n) is 3.60. The van der Waals surface area contributed by atoms with Crippen LogP contribution in [0.1, 0.15) is 45.7 Å². The van der Waals surface area contributed by atoms with Gasteiger partial charge in [0.15, 0.2) is 5.15 Å². The highest BCUT2D eigenvalue weighted by atomic mass is 35.5. The second kappa shape index (κ2) is 7.79. The number of ether oxygens (including phenoxy) is 1. The van der Waals surface area contributed by atoms with E-state index in [4.69, 9.17) is 16.3 Å². The highest BCUT2D eigenvalue weighted by Crippen LogP contribution is 2.23. The van der Waals surface area contributed by atoms with Gasteiger partial charge in [-0.3, -0.25) is 9.78 Å². The molecule has 1 N–H and O–H groups in total. The van der Waals surface area contributed by atoms with Crippen LogP contribution in [0.4, 0.5) is 4.79 Å². The first-order chi connectivity index (χ1) is 11.3. The molecule has 0 saturated carbocycles. The topological polar surface area (TPSA) is 84.4 Å². The zero-order valence-corrected chi connectivity index (χ0v) is 15.0. The fourth-order valence-electron chi connectivity index (χ4n) is 2.55. The Kier molecular flexibility index (Phi) is 5.99. The molecule has 132 valence electrons. The van der Waals surface area contributed by atoms with E-state index in [0.29, 0.717) is 12.2 Å². The van der Waals surface area contributed by atoms with Crippen molar-refractivity contribution in [1.29, 1.82) is 0 Å². The van der Waals surface area contributed by atoms with Crippen LogP contribution < -0.4 is 5.32 Å². The van der Waals surface area contributed by atoms with E-state index in [0.717, 1.165) is 12.8 Å². The Morgan fingerprint density at radius 2 is 2.08 bits per heavy atom. The largest absolute Gasteiger partial charge is 0.444 e. The van der Waals surface area contributed by atoms with Gasteiger partial charge in [0.25, 0.3) is 0 Å². The summed E-state index contributed by atoms with van der Waals surface area (Å²) < 4.78 is 5.40. The second-order valence-electron chi connectivity index (χ2n) is 6.74. The molecular formula is C16H23ClN4O3. The molecule has 0 bridgehead atoms. The molecule has 24 heavy (non-hydrogen) atoms. The summed E-state index contributed by atoms with van der Waals surface area (Å²) >= 11 is 5.91. The molecule has 1 aliphatic heterocycles. The number of aromatic nitrogens is 2. The number of hydrogen-bond donors (Lipinski definition) is 1. The predicted molar refractivity (Wildman–Crippen MR) is 89.5 cm³/mol. The van der Waals surface area contributed by atoms with Gasteiger partial charge < -0.3 is 15.0 Å². The zero-order chi connectivity index (χ0) is 17.7. The van der Waals surface area contributed by atoms with Crippen molar-refractivity contribution in [3.8, 4) is 0 Å². The van der Waals surface area contributed by atoms with Gasteiger partial charge in [0.05, 0.1) is 12.2 Å². The van der Waals surface area contributed by atoms with Crippen molar-refractivity contribution in [3.05, 3.63) is 23.2 Å². The molecule has 1 fully saturated rings. The van der Waals surface area contributed by atoms with Crippen LogP contribution in [0, 0.1) is 0 Å². The lowest BCUT2D eigenvalue weighted by Gasteiger charge is -2.28. The lowest BCUT2D eigenvalue weighted by atomic mass is 10.1. The van der Waals surface area contributed by atoms with Gasteiger partial charge in [0, 0.05) is 31.4 Å². The van der Waals surface area contributed by atoms with E-state index < -0.39 is 5.60 Å². The van der Waals surface area contributed by atoms with E-state index in [1.807, 2.05) is 20.8 Å². The lowest BCUT2D eigenvalue weighted by molar-refractivity contribution is -0.122. The normalized spacial score (nSPS) is 17.7. The molecule has 1 aromatic rings. The summed E-state index contributed by atoms with van der Waals surface area (Å²) in [5.74, 6) is -0.155. The highest BCUT2D eigenvalue weighted by molar-refractivity contribution is 6.29. The van der Waals surface area contributed by atoms with Crippen molar-refractivity contribution in [1.82, 2.24) is 20.2 Å². The third-order valence-corrected chi connectivity index (χ3v) is 3.92. The molecule has 0 spiro atoms. The molecule has 0 radical (unpaired) electrons. The fraction of sp³-hybridized carbons (Fsp3) is 0.625. The molecule has 1 aromatic heterocycles. The SMILES string of the molecule is CC(C)(C)OC(=O)N1CCC[C@H]1CC(=O)NCc1nccnc1Cl. The number of nitrogens with zero attached hydrogens (tertiary/aromatic N) is 3. The van der Waals surface area contributed by atoms with E-state index in [2.05, 4.69) is 15.3 Å². The van der Waals surface area contributed by atoms with Crippen LogP contribution in [0.15, 0.2) is 12.4 Å². The summed E-state index contributed by atoms with van der Waals surface area (Å²) in [6, 6.07) is -0.142. The quantitative estimate of drug-likeness (QED) is 0.898. The Morgan fingerprint density at radius 3 is 2.75 bits per heavy atom. The fourth-order valence-corrected chi connectivity index (χ4v) is 2.72. The smallest absolute Gasteiger partial charge is 0.410 e. The second-order valence-corrected chi connectivity index (χ2v) is 7.10. The van der Waals surface area contributed by atoms with Gasteiger partial charge in [-0.05, 0) is 33.6 Å². The molecule has 2 rings (SSSR count). The average molecular weight is 355 g/mol. The third kappa shape index (κ3) is 5.33. The van der Waals surface area contributed by atoms with Crippen molar-refractivity contribution in [2.24, 2.45) is 0 Å². The first kappa shape index (κ1) is 18.4. The van der Waals surface area contributed by atoms with Crippen LogP contribution in [0.5, 0.6) is 0 Å². The van der Waals surface area contributed by atoms with Crippen LogP contribution in [-0.2, 0) is 16.1 Å². The standard InChI is InChI=1S/C16H23ClN4O3/c1-16(2,3)24-15(23)21-8-4-5-11(21)9-13(22)20-10-12-14(17)19-7-6-18-12/h6-7,11H,4-5,8-10H2,1-3H3,(H,20,22)/t11-/m0/s1. The maximum absolute atomic E-state index is 12.2. The number of amides is 2. The minimum atomic E-state index is -0.546. The van der Waals surface area contributed by atoms with E-state index in [9.17, 15) is 9.59 Å². The molecule has 1 aliphatic rings. The van der Waals surface area contributed by atoms with E-state index >= 15 is 0 Å². The summed E-state index contributed by atoms with van der Waals surface area (Å²) in [6.07, 6.45) is 4.54. The number of carbonyl (C=O) groups excluding carboxylic acids is 2. The molecule has 2 amide bonds. The lowest BCUT2D eigenvalue weighted by Crippen LogP contribution is -2.42. The molecule has 8 heteroatoms. The molecule has 2 heterocycles. The summed E-state index contributed by atoms with van der Waals surface area (Å²) in [7, 11) is 0. The predicted octanol–water partition coefficient (Wildman–Crippen LogP) is 2.54. The van der Waals surface area contributed by atoms with Crippen molar-refractivity contribution < 1.29 is 14.3 Å². The minimum Gasteiger partial charge on any atom is -0.444 e. The summed E-state index contributed by atoms with van der Waals surface area (Å²) in [6.45, 7) is 6.31. The Labute approximate surface area is 146 Å². The first-order valence-corrected chi connectivity index (χ1v) is 8.36. The van der Waals surface area contributed by atoms with Gasteiger partial charge in [-0.1, -0.05) is 11.6 Å². The molecule has 7 nitrogen and oxygen atoms in total. The average Bonchev–Trinajstić information content (AvgIpc) is 2.93. The van der Waals surface area contributed by atoms with E-state index in [1.54, 1.807) is 4.90 Å². The van der Waals surface area contributed by atoms with Gasteiger partial charge in [0.2, 0.25) is 5.91 Å². The summed E-state index contributed by atoms with van der Waals surface area (Å²) in [5, 5.41) is 3.04. The van der Waals surface area contributed by atoms with Crippen molar-refractivity contribution >= 4 is 23.6 Å². The van der Waals surface area contributed by atoms with Gasteiger partial charge in [-0.15, -0.1) is 0 Å². The number of likely N-dealkylation sites (tertiary alicyclic amines) is 1. The minimum absolute atomic E-state index is 0.142. The Hall–Kier alpha value is -1.89. The molecule has 1 atom stereocenters. The van der Waals surface area contributed by atoms with Gasteiger partial charge in [-0.2, -0.15) is 0 Å².